The van der Waals surface area contributed by atoms with Crippen LogP contribution in [-0.4, -0.2) is 7.11 Å². The van der Waals surface area contributed by atoms with Crippen LogP contribution in [0.3, 0.4) is 0 Å². The van der Waals surface area contributed by atoms with Gasteiger partial charge in [-0.3, -0.25) is 0 Å². The van der Waals surface area contributed by atoms with Crippen molar-refractivity contribution in [3.05, 3.63) is 62.0 Å². The number of nitrogens with zero attached hydrogens (tertiary/aromatic N) is 1. The SMILES string of the molecule is COc1c(Cl)cc(C=C(C#N)c2ccccc2Cl)cc1Br. The first kappa shape index (κ1) is 15.9. The van der Waals surface area contributed by atoms with Gasteiger partial charge in [-0.2, -0.15) is 5.26 Å². The van der Waals surface area contributed by atoms with Crippen molar-refractivity contribution in [1.82, 2.24) is 0 Å². The average molecular weight is 383 g/mol. The minimum Gasteiger partial charge on any atom is -0.494 e. The second-order valence-corrected chi connectivity index (χ2v) is 5.84. The van der Waals surface area contributed by atoms with E-state index in [1.165, 1.54) is 0 Å². The van der Waals surface area contributed by atoms with E-state index in [9.17, 15) is 5.26 Å². The van der Waals surface area contributed by atoms with Gasteiger partial charge < -0.3 is 4.74 Å². The number of hydrogen-bond acceptors (Lipinski definition) is 2. The summed E-state index contributed by atoms with van der Waals surface area (Å²) in [4.78, 5) is 0. The molecule has 0 N–H and O–H groups in total. The second kappa shape index (κ2) is 7.00. The van der Waals surface area contributed by atoms with Crippen LogP contribution in [0, 0.1) is 11.3 Å². The third-order valence-electron chi connectivity index (χ3n) is 2.82. The highest BCUT2D eigenvalue weighted by molar-refractivity contribution is 9.10. The smallest absolute Gasteiger partial charge is 0.151 e. The minimum atomic E-state index is 0.466. The van der Waals surface area contributed by atoms with Gasteiger partial charge in [0.05, 0.1) is 28.2 Å². The zero-order valence-electron chi connectivity index (χ0n) is 11.0. The fourth-order valence-corrected chi connectivity index (χ4v) is 3.17. The van der Waals surface area contributed by atoms with Crippen LogP contribution >= 0.6 is 39.1 Å². The van der Waals surface area contributed by atoms with Crippen LogP contribution in [0.4, 0.5) is 0 Å². The first-order valence-electron chi connectivity index (χ1n) is 5.96. The van der Waals surface area contributed by atoms with Crippen molar-refractivity contribution in [1.29, 1.82) is 5.26 Å². The van der Waals surface area contributed by atoms with Gasteiger partial charge in [0.2, 0.25) is 0 Å². The Hall–Kier alpha value is -1.47. The van der Waals surface area contributed by atoms with Crippen molar-refractivity contribution in [2.45, 2.75) is 0 Å². The van der Waals surface area contributed by atoms with Gasteiger partial charge in [0.15, 0.2) is 5.75 Å². The summed E-state index contributed by atoms with van der Waals surface area (Å²) in [6, 6.07) is 12.9. The van der Waals surface area contributed by atoms with Crippen LogP contribution in [0.1, 0.15) is 11.1 Å². The Kier molecular flexibility index (Phi) is 5.30. The van der Waals surface area contributed by atoms with Gasteiger partial charge >= 0.3 is 0 Å². The van der Waals surface area contributed by atoms with E-state index in [1.54, 1.807) is 31.4 Å². The molecule has 2 nitrogen and oxygen atoms in total. The van der Waals surface area contributed by atoms with E-state index in [1.807, 2.05) is 18.2 Å². The van der Waals surface area contributed by atoms with Gasteiger partial charge in [-0.25, -0.2) is 0 Å². The second-order valence-electron chi connectivity index (χ2n) is 4.17. The van der Waals surface area contributed by atoms with Gasteiger partial charge in [-0.1, -0.05) is 41.4 Å². The number of allylic oxidation sites excluding steroid dienone is 1. The number of benzene rings is 2. The lowest BCUT2D eigenvalue weighted by atomic mass is 10.0. The lowest BCUT2D eigenvalue weighted by Gasteiger charge is -2.08. The fraction of sp³-hybridized carbons (Fsp3) is 0.0625. The zero-order chi connectivity index (χ0) is 15.4. The van der Waals surface area contributed by atoms with E-state index in [4.69, 9.17) is 27.9 Å². The van der Waals surface area contributed by atoms with Gasteiger partial charge in [-0.15, -0.1) is 0 Å². The summed E-state index contributed by atoms with van der Waals surface area (Å²) >= 11 is 15.7. The zero-order valence-corrected chi connectivity index (χ0v) is 14.1. The summed E-state index contributed by atoms with van der Waals surface area (Å²) in [6.07, 6.45) is 1.73. The topological polar surface area (TPSA) is 33.0 Å². The van der Waals surface area contributed by atoms with Crippen LogP contribution in [0.25, 0.3) is 11.6 Å². The van der Waals surface area contributed by atoms with Crippen molar-refractivity contribution < 1.29 is 4.74 Å². The molecule has 2 aromatic carbocycles. The molecule has 0 saturated heterocycles. The number of methoxy groups -OCH3 is 1. The molecular weight excluding hydrogens is 373 g/mol. The van der Waals surface area contributed by atoms with Crippen LogP contribution in [0.15, 0.2) is 40.9 Å². The number of halogens is 3. The number of ether oxygens (including phenoxy) is 1. The summed E-state index contributed by atoms with van der Waals surface area (Å²) in [5, 5.41) is 10.4. The molecule has 5 heteroatoms. The van der Waals surface area contributed by atoms with Crippen LogP contribution in [0.2, 0.25) is 10.0 Å². The van der Waals surface area contributed by atoms with E-state index >= 15 is 0 Å². The van der Waals surface area contributed by atoms with Crippen LogP contribution in [-0.2, 0) is 0 Å². The minimum absolute atomic E-state index is 0.466. The largest absolute Gasteiger partial charge is 0.494 e. The van der Waals surface area contributed by atoms with Gasteiger partial charge in [0.1, 0.15) is 0 Å². The Morgan fingerprint density at radius 3 is 2.52 bits per heavy atom. The van der Waals surface area contributed by atoms with Crippen molar-refractivity contribution in [3.63, 3.8) is 0 Å². The monoisotopic (exact) mass is 381 g/mol. The predicted molar refractivity (Wildman–Crippen MR) is 90.6 cm³/mol. The maximum Gasteiger partial charge on any atom is 0.151 e. The van der Waals surface area contributed by atoms with Crippen LogP contribution in [0.5, 0.6) is 5.75 Å². The summed E-state index contributed by atoms with van der Waals surface area (Å²) in [5.74, 6) is 0.560. The predicted octanol–water partition coefficient (Wildman–Crippen LogP) is 5.83. The Morgan fingerprint density at radius 1 is 1.24 bits per heavy atom. The van der Waals surface area contributed by atoms with Crippen molar-refractivity contribution in [3.8, 4) is 11.8 Å². The first-order valence-corrected chi connectivity index (χ1v) is 7.51. The van der Waals surface area contributed by atoms with E-state index in [0.29, 0.717) is 26.9 Å². The third-order valence-corrected chi connectivity index (χ3v) is 4.02. The molecular formula is C16H10BrCl2NO. The molecule has 2 rings (SSSR count). The molecule has 0 radical (unpaired) electrons. The van der Waals surface area contributed by atoms with E-state index in [0.717, 1.165) is 10.0 Å². The van der Waals surface area contributed by atoms with Gasteiger partial charge in [0.25, 0.3) is 0 Å². The lowest BCUT2D eigenvalue weighted by Crippen LogP contribution is -1.88. The Bertz CT molecular complexity index is 727. The average Bonchev–Trinajstić information content (AvgIpc) is 2.45. The Balaban J connectivity index is 2.52. The highest BCUT2D eigenvalue weighted by Crippen LogP contribution is 2.35. The Labute approximate surface area is 141 Å². The number of nitriles is 1. The maximum atomic E-state index is 9.36. The number of rotatable bonds is 3. The van der Waals surface area contributed by atoms with Gasteiger partial charge in [-0.05, 0) is 45.8 Å². The molecule has 0 spiro atoms. The molecule has 0 saturated carbocycles. The van der Waals surface area contributed by atoms with Crippen molar-refractivity contribution in [2.24, 2.45) is 0 Å². The Morgan fingerprint density at radius 2 is 1.95 bits per heavy atom. The molecule has 0 aliphatic carbocycles. The quantitative estimate of drug-likeness (QED) is 0.494. The van der Waals surface area contributed by atoms with E-state index in [-0.39, 0.29) is 0 Å². The molecule has 2 aromatic rings. The normalized spacial score (nSPS) is 11.1. The summed E-state index contributed by atoms with van der Waals surface area (Å²) in [5.41, 5.74) is 1.93. The first-order chi connectivity index (χ1) is 10.1. The molecule has 0 fully saturated rings. The van der Waals surface area contributed by atoms with Gasteiger partial charge in [0, 0.05) is 10.6 Å². The van der Waals surface area contributed by atoms with Crippen molar-refractivity contribution in [2.75, 3.05) is 7.11 Å². The lowest BCUT2D eigenvalue weighted by molar-refractivity contribution is 0.412. The molecule has 0 aliphatic heterocycles. The fourth-order valence-electron chi connectivity index (χ4n) is 1.87. The van der Waals surface area contributed by atoms with E-state index in [2.05, 4.69) is 22.0 Å². The maximum absolute atomic E-state index is 9.36. The molecule has 0 atom stereocenters. The summed E-state index contributed by atoms with van der Waals surface area (Å²) < 4.78 is 5.90. The highest BCUT2D eigenvalue weighted by atomic mass is 79.9. The number of hydrogen-bond donors (Lipinski definition) is 0. The molecule has 0 bridgehead atoms. The molecule has 0 aliphatic rings. The van der Waals surface area contributed by atoms with E-state index < -0.39 is 0 Å². The molecule has 0 aromatic heterocycles. The molecule has 106 valence electrons. The van der Waals surface area contributed by atoms with Crippen LogP contribution < -0.4 is 4.74 Å². The molecule has 0 amide bonds. The summed E-state index contributed by atoms with van der Waals surface area (Å²) in [6.45, 7) is 0. The third kappa shape index (κ3) is 3.59. The highest BCUT2D eigenvalue weighted by Gasteiger charge is 2.09. The standard InChI is InChI=1S/C16H10BrCl2NO/c1-21-16-13(17)7-10(8-15(16)19)6-11(9-20)12-4-2-3-5-14(12)18/h2-8H,1H3. The molecule has 0 unspecified atom stereocenters. The molecule has 21 heavy (non-hydrogen) atoms. The summed E-state index contributed by atoms with van der Waals surface area (Å²) in [7, 11) is 1.55. The van der Waals surface area contributed by atoms with Crippen molar-refractivity contribution >= 4 is 50.8 Å². The molecule has 0 heterocycles.